The highest BCUT2D eigenvalue weighted by Crippen LogP contribution is 2.29. The standard InChI is InChI=1S/C13H18N4O2S/c1-5-19-12(18)10-7(2)15-13(20)16-11(10)9-6-14-17(4)8(9)3/h6,11H,5H2,1-4H3,(H2,15,16,20). The summed E-state index contributed by atoms with van der Waals surface area (Å²) in [4.78, 5) is 12.2. The van der Waals surface area contributed by atoms with Gasteiger partial charge in [0, 0.05) is 24.0 Å². The van der Waals surface area contributed by atoms with Gasteiger partial charge in [-0.15, -0.1) is 0 Å². The minimum atomic E-state index is -0.347. The van der Waals surface area contributed by atoms with Crippen molar-refractivity contribution in [3.05, 3.63) is 28.7 Å². The van der Waals surface area contributed by atoms with Crippen LogP contribution >= 0.6 is 12.2 Å². The van der Waals surface area contributed by atoms with Gasteiger partial charge in [0.05, 0.1) is 24.4 Å². The normalized spacial score (nSPS) is 18.6. The van der Waals surface area contributed by atoms with Crippen molar-refractivity contribution < 1.29 is 9.53 Å². The van der Waals surface area contributed by atoms with E-state index in [2.05, 4.69) is 15.7 Å². The van der Waals surface area contributed by atoms with Gasteiger partial charge < -0.3 is 15.4 Å². The van der Waals surface area contributed by atoms with Crippen molar-refractivity contribution in [2.75, 3.05) is 6.61 Å². The highest BCUT2D eigenvalue weighted by molar-refractivity contribution is 7.80. The number of carbonyl (C=O) groups excluding carboxylic acids is 1. The highest BCUT2D eigenvalue weighted by Gasteiger charge is 2.32. The van der Waals surface area contributed by atoms with Gasteiger partial charge in [0.2, 0.25) is 0 Å². The van der Waals surface area contributed by atoms with E-state index < -0.39 is 0 Å². The molecule has 0 fully saturated rings. The lowest BCUT2D eigenvalue weighted by atomic mass is 9.96. The molecule has 0 spiro atoms. The van der Waals surface area contributed by atoms with Crippen LogP contribution in [0.2, 0.25) is 0 Å². The van der Waals surface area contributed by atoms with E-state index in [-0.39, 0.29) is 12.0 Å². The predicted molar refractivity (Wildman–Crippen MR) is 78.9 cm³/mol. The topological polar surface area (TPSA) is 68.2 Å². The van der Waals surface area contributed by atoms with Gasteiger partial charge in [0.15, 0.2) is 5.11 Å². The third-order valence-electron chi connectivity index (χ3n) is 3.35. The summed E-state index contributed by atoms with van der Waals surface area (Å²) in [7, 11) is 1.86. The third kappa shape index (κ3) is 2.53. The number of allylic oxidation sites excluding steroid dienone is 1. The molecule has 1 aliphatic rings. The minimum absolute atomic E-state index is 0.332. The van der Waals surface area contributed by atoms with E-state index in [9.17, 15) is 4.79 Å². The molecule has 6 nitrogen and oxygen atoms in total. The summed E-state index contributed by atoms with van der Waals surface area (Å²) in [6.45, 7) is 5.89. The van der Waals surface area contributed by atoms with Crippen molar-refractivity contribution in [2.45, 2.75) is 26.8 Å². The number of aromatic nitrogens is 2. The molecule has 0 radical (unpaired) electrons. The molecule has 2 rings (SSSR count). The van der Waals surface area contributed by atoms with Crippen LogP contribution in [-0.4, -0.2) is 27.5 Å². The van der Waals surface area contributed by atoms with Crippen molar-refractivity contribution in [3.63, 3.8) is 0 Å². The SMILES string of the molecule is CCOC(=O)C1=C(C)NC(=S)NC1c1cnn(C)c1C. The molecule has 0 amide bonds. The zero-order valence-electron chi connectivity index (χ0n) is 12.0. The molecular weight excluding hydrogens is 276 g/mol. The van der Waals surface area contributed by atoms with Gasteiger partial charge in [-0.25, -0.2) is 4.79 Å². The molecule has 1 aromatic rings. The monoisotopic (exact) mass is 294 g/mol. The van der Waals surface area contributed by atoms with E-state index in [1.165, 1.54) is 0 Å². The molecule has 108 valence electrons. The Labute approximate surface area is 123 Å². The number of nitrogens with one attached hydrogen (secondary N) is 2. The maximum absolute atomic E-state index is 12.2. The Bertz CT molecular complexity index is 591. The number of esters is 1. The van der Waals surface area contributed by atoms with Crippen LogP contribution in [0.3, 0.4) is 0 Å². The van der Waals surface area contributed by atoms with Gasteiger partial charge in [0.25, 0.3) is 0 Å². The second-order valence-corrected chi connectivity index (χ2v) is 5.01. The summed E-state index contributed by atoms with van der Waals surface area (Å²) < 4.78 is 6.90. The number of rotatable bonds is 3. The number of aryl methyl sites for hydroxylation is 1. The molecule has 2 heterocycles. The smallest absolute Gasteiger partial charge is 0.338 e. The molecular formula is C13H18N4O2S. The lowest BCUT2D eigenvalue weighted by molar-refractivity contribution is -0.139. The molecule has 0 aromatic carbocycles. The Kier molecular flexibility index (Phi) is 4.08. The molecule has 1 unspecified atom stereocenters. The Morgan fingerprint density at radius 1 is 1.55 bits per heavy atom. The maximum Gasteiger partial charge on any atom is 0.338 e. The van der Waals surface area contributed by atoms with E-state index in [0.717, 1.165) is 11.3 Å². The average molecular weight is 294 g/mol. The molecule has 0 saturated heterocycles. The molecule has 7 heteroatoms. The van der Waals surface area contributed by atoms with Crippen molar-refractivity contribution in [2.24, 2.45) is 7.05 Å². The predicted octanol–water partition coefficient (Wildman–Crippen LogP) is 1.08. The summed E-state index contributed by atoms with van der Waals surface area (Å²) in [5.41, 5.74) is 3.14. The Hall–Kier alpha value is -1.89. The quantitative estimate of drug-likeness (QED) is 0.642. The molecule has 1 aliphatic heterocycles. The number of nitrogens with zero attached hydrogens (tertiary/aromatic N) is 2. The van der Waals surface area contributed by atoms with Crippen LogP contribution in [0.1, 0.15) is 31.1 Å². The zero-order chi connectivity index (χ0) is 14.9. The van der Waals surface area contributed by atoms with Crippen molar-refractivity contribution in [3.8, 4) is 0 Å². The molecule has 0 aliphatic carbocycles. The second-order valence-electron chi connectivity index (χ2n) is 4.60. The van der Waals surface area contributed by atoms with E-state index in [0.29, 0.717) is 23.0 Å². The Morgan fingerprint density at radius 3 is 2.80 bits per heavy atom. The molecule has 20 heavy (non-hydrogen) atoms. The Balaban J connectivity index is 2.47. The number of hydrogen-bond acceptors (Lipinski definition) is 4. The largest absolute Gasteiger partial charge is 0.463 e. The first kappa shape index (κ1) is 14.5. The number of thiocarbonyl (C=S) groups is 1. The summed E-state index contributed by atoms with van der Waals surface area (Å²) in [6, 6.07) is -0.337. The molecule has 0 saturated carbocycles. The molecule has 0 bridgehead atoms. The number of hydrogen-bond donors (Lipinski definition) is 2. The van der Waals surface area contributed by atoms with Crippen LogP contribution in [0.25, 0.3) is 0 Å². The van der Waals surface area contributed by atoms with Crippen LogP contribution in [0.4, 0.5) is 0 Å². The van der Waals surface area contributed by atoms with Gasteiger partial charge >= 0.3 is 5.97 Å². The lowest BCUT2D eigenvalue weighted by Crippen LogP contribution is -2.45. The number of carbonyl (C=O) groups is 1. The molecule has 2 N–H and O–H groups in total. The Morgan fingerprint density at radius 2 is 2.25 bits per heavy atom. The van der Waals surface area contributed by atoms with Gasteiger partial charge in [-0.05, 0) is 33.0 Å². The van der Waals surface area contributed by atoms with Crippen molar-refractivity contribution in [1.29, 1.82) is 0 Å². The first-order valence-corrected chi connectivity index (χ1v) is 6.80. The van der Waals surface area contributed by atoms with Crippen LogP contribution in [-0.2, 0) is 16.6 Å². The molecule has 1 aromatic heterocycles. The summed E-state index contributed by atoms with van der Waals surface area (Å²) >= 11 is 5.18. The van der Waals surface area contributed by atoms with Crippen LogP contribution < -0.4 is 10.6 Å². The van der Waals surface area contributed by atoms with Gasteiger partial charge in [-0.2, -0.15) is 5.10 Å². The van der Waals surface area contributed by atoms with E-state index in [1.807, 2.05) is 20.9 Å². The van der Waals surface area contributed by atoms with Crippen LogP contribution in [0, 0.1) is 6.92 Å². The lowest BCUT2D eigenvalue weighted by Gasteiger charge is -2.29. The maximum atomic E-state index is 12.2. The first-order chi connectivity index (χ1) is 9.45. The fourth-order valence-corrected chi connectivity index (χ4v) is 2.48. The fourth-order valence-electron chi connectivity index (χ4n) is 2.21. The zero-order valence-corrected chi connectivity index (χ0v) is 12.8. The van der Waals surface area contributed by atoms with Crippen molar-refractivity contribution >= 4 is 23.3 Å². The second kappa shape index (κ2) is 5.62. The van der Waals surface area contributed by atoms with Gasteiger partial charge in [-0.1, -0.05) is 0 Å². The highest BCUT2D eigenvalue weighted by atomic mass is 32.1. The van der Waals surface area contributed by atoms with E-state index >= 15 is 0 Å². The minimum Gasteiger partial charge on any atom is -0.463 e. The molecule has 1 atom stereocenters. The van der Waals surface area contributed by atoms with Crippen LogP contribution in [0.15, 0.2) is 17.5 Å². The van der Waals surface area contributed by atoms with E-state index in [1.54, 1.807) is 17.8 Å². The summed E-state index contributed by atoms with van der Waals surface area (Å²) in [6.07, 6.45) is 1.74. The average Bonchev–Trinajstić information content (AvgIpc) is 2.69. The first-order valence-electron chi connectivity index (χ1n) is 6.39. The van der Waals surface area contributed by atoms with E-state index in [4.69, 9.17) is 17.0 Å². The van der Waals surface area contributed by atoms with Gasteiger partial charge in [0.1, 0.15) is 0 Å². The van der Waals surface area contributed by atoms with Gasteiger partial charge in [-0.3, -0.25) is 4.68 Å². The summed E-state index contributed by atoms with van der Waals surface area (Å²) in [5, 5.41) is 10.8. The third-order valence-corrected chi connectivity index (χ3v) is 3.57. The summed E-state index contributed by atoms with van der Waals surface area (Å²) in [5.74, 6) is -0.347. The fraction of sp³-hybridized carbons (Fsp3) is 0.462. The van der Waals surface area contributed by atoms with Crippen molar-refractivity contribution in [1.82, 2.24) is 20.4 Å². The number of ether oxygens (including phenoxy) is 1. The van der Waals surface area contributed by atoms with Crippen LogP contribution in [0.5, 0.6) is 0 Å².